The summed E-state index contributed by atoms with van der Waals surface area (Å²) >= 11 is 6.03. The van der Waals surface area contributed by atoms with Crippen LogP contribution in [0.4, 0.5) is 0 Å². The molecule has 4 heteroatoms. The molecule has 0 unspecified atom stereocenters. The second-order valence-electron chi connectivity index (χ2n) is 5.14. The second kappa shape index (κ2) is 5.70. The molecule has 21 heavy (non-hydrogen) atoms. The van der Waals surface area contributed by atoms with Gasteiger partial charge in [-0.25, -0.2) is 4.68 Å². The number of benzene rings is 2. The van der Waals surface area contributed by atoms with E-state index in [0.717, 1.165) is 22.6 Å². The third-order valence-electron chi connectivity index (χ3n) is 3.44. The molecule has 3 rings (SSSR count). The summed E-state index contributed by atoms with van der Waals surface area (Å²) in [6.45, 7) is 4.14. The van der Waals surface area contributed by atoms with Gasteiger partial charge in [-0.05, 0) is 31.5 Å². The molecule has 0 atom stereocenters. The van der Waals surface area contributed by atoms with Gasteiger partial charge in [0.05, 0.1) is 17.3 Å². The minimum atomic E-state index is 0.342. The lowest BCUT2D eigenvalue weighted by Gasteiger charge is -2.09. The minimum absolute atomic E-state index is 0.342. The van der Waals surface area contributed by atoms with Crippen LogP contribution in [0.5, 0.6) is 0 Å². The van der Waals surface area contributed by atoms with Crippen molar-refractivity contribution in [3.05, 3.63) is 65.4 Å². The number of hydrogen-bond acceptors (Lipinski definition) is 2. The molecule has 3 aromatic rings. The first-order valence-corrected chi connectivity index (χ1v) is 7.37. The topological polar surface area (TPSA) is 30.7 Å². The first-order valence-electron chi connectivity index (χ1n) is 6.83. The number of halogens is 1. The number of aromatic nitrogens is 3. The number of rotatable bonds is 3. The van der Waals surface area contributed by atoms with Gasteiger partial charge < -0.3 is 0 Å². The molecule has 0 saturated carbocycles. The molecule has 0 N–H and O–H groups in total. The highest BCUT2D eigenvalue weighted by Crippen LogP contribution is 2.26. The summed E-state index contributed by atoms with van der Waals surface area (Å²) in [5.74, 6) is 0.342. The van der Waals surface area contributed by atoms with Crippen molar-refractivity contribution in [3.63, 3.8) is 0 Å². The monoisotopic (exact) mass is 297 g/mol. The number of hydrogen-bond donors (Lipinski definition) is 0. The third-order valence-corrected chi connectivity index (χ3v) is 3.69. The number of aryl methyl sites for hydroxylation is 2. The second-order valence-corrected chi connectivity index (χ2v) is 5.40. The SMILES string of the molecule is Cc1ccc(-c2c(CCl)nnn2-c2cccc(C)c2)cc1. The highest BCUT2D eigenvalue weighted by molar-refractivity contribution is 6.17. The Labute approximate surface area is 129 Å². The Morgan fingerprint density at radius 1 is 1.00 bits per heavy atom. The van der Waals surface area contributed by atoms with Gasteiger partial charge in [0.1, 0.15) is 5.69 Å². The lowest BCUT2D eigenvalue weighted by Crippen LogP contribution is -2.00. The standard InChI is InChI=1S/C17H16ClN3/c1-12-6-8-14(9-7-12)17-16(11-18)19-20-21(17)15-5-3-4-13(2)10-15/h3-10H,11H2,1-2H3. The molecule has 1 heterocycles. The van der Waals surface area contributed by atoms with E-state index in [9.17, 15) is 0 Å². The molecule has 0 radical (unpaired) electrons. The van der Waals surface area contributed by atoms with Crippen LogP contribution in [0, 0.1) is 13.8 Å². The van der Waals surface area contributed by atoms with Gasteiger partial charge >= 0.3 is 0 Å². The van der Waals surface area contributed by atoms with E-state index in [4.69, 9.17) is 11.6 Å². The lowest BCUT2D eigenvalue weighted by atomic mass is 10.1. The normalized spacial score (nSPS) is 10.8. The van der Waals surface area contributed by atoms with Crippen LogP contribution in [-0.4, -0.2) is 15.0 Å². The molecule has 106 valence electrons. The Morgan fingerprint density at radius 3 is 2.43 bits per heavy atom. The van der Waals surface area contributed by atoms with Crippen LogP contribution >= 0.6 is 11.6 Å². The summed E-state index contributed by atoms with van der Waals surface area (Å²) in [7, 11) is 0. The molecule has 0 spiro atoms. The molecule has 0 aliphatic carbocycles. The van der Waals surface area contributed by atoms with Gasteiger partial charge in [0.25, 0.3) is 0 Å². The van der Waals surface area contributed by atoms with Gasteiger partial charge in [-0.2, -0.15) is 0 Å². The summed E-state index contributed by atoms with van der Waals surface area (Å²) < 4.78 is 1.86. The van der Waals surface area contributed by atoms with E-state index in [0.29, 0.717) is 5.88 Å². The molecule has 3 nitrogen and oxygen atoms in total. The van der Waals surface area contributed by atoms with E-state index in [1.165, 1.54) is 11.1 Å². The van der Waals surface area contributed by atoms with E-state index in [-0.39, 0.29) is 0 Å². The fraction of sp³-hybridized carbons (Fsp3) is 0.176. The predicted molar refractivity (Wildman–Crippen MR) is 85.8 cm³/mol. The van der Waals surface area contributed by atoms with E-state index >= 15 is 0 Å². The Kier molecular flexibility index (Phi) is 3.76. The molecule has 0 aliphatic heterocycles. The minimum Gasteiger partial charge on any atom is -0.213 e. The Bertz CT molecular complexity index is 760. The van der Waals surface area contributed by atoms with Crippen molar-refractivity contribution in [1.29, 1.82) is 0 Å². The first kappa shape index (κ1) is 13.8. The van der Waals surface area contributed by atoms with Crippen molar-refractivity contribution in [3.8, 4) is 16.9 Å². The van der Waals surface area contributed by atoms with Crippen molar-refractivity contribution in [1.82, 2.24) is 15.0 Å². The first-order chi connectivity index (χ1) is 10.2. The average molecular weight is 298 g/mol. The molecular formula is C17H16ClN3. The zero-order valence-electron chi connectivity index (χ0n) is 12.0. The Hall–Kier alpha value is -2.13. The van der Waals surface area contributed by atoms with Crippen LogP contribution < -0.4 is 0 Å². The van der Waals surface area contributed by atoms with Gasteiger partial charge in [0.2, 0.25) is 0 Å². The van der Waals surface area contributed by atoms with E-state index in [1.54, 1.807) is 0 Å². The van der Waals surface area contributed by atoms with Gasteiger partial charge in [0, 0.05) is 5.56 Å². The van der Waals surface area contributed by atoms with Crippen molar-refractivity contribution < 1.29 is 0 Å². The van der Waals surface area contributed by atoms with Crippen molar-refractivity contribution in [2.24, 2.45) is 0 Å². The van der Waals surface area contributed by atoms with Crippen LogP contribution in [0.15, 0.2) is 48.5 Å². The summed E-state index contributed by atoms with van der Waals surface area (Å²) in [5.41, 5.74) is 6.22. The molecule has 0 fully saturated rings. The summed E-state index contributed by atoms with van der Waals surface area (Å²) in [4.78, 5) is 0. The van der Waals surface area contributed by atoms with Crippen molar-refractivity contribution in [2.45, 2.75) is 19.7 Å². The Morgan fingerprint density at radius 2 is 1.76 bits per heavy atom. The van der Waals surface area contributed by atoms with Crippen LogP contribution in [0.1, 0.15) is 16.8 Å². The van der Waals surface area contributed by atoms with Crippen LogP contribution in [-0.2, 0) is 5.88 Å². The van der Waals surface area contributed by atoms with E-state index in [1.807, 2.05) is 16.8 Å². The molecule has 0 aliphatic rings. The lowest BCUT2D eigenvalue weighted by molar-refractivity contribution is 0.803. The smallest absolute Gasteiger partial charge is 0.106 e. The van der Waals surface area contributed by atoms with Gasteiger partial charge in [-0.1, -0.05) is 47.2 Å². The maximum absolute atomic E-state index is 6.03. The fourth-order valence-electron chi connectivity index (χ4n) is 2.34. The maximum atomic E-state index is 6.03. The van der Waals surface area contributed by atoms with Crippen LogP contribution in [0.2, 0.25) is 0 Å². The molecule has 1 aromatic heterocycles. The number of alkyl halides is 1. The largest absolute Gasteiger partial charge is 0.213 e. The van der Waals surface area contributed by atoms with Gasteiger partial charge in [-0.3, -0.25) is 0 Å². The van der Waals surface area contributed by atoms with E-state index in [2.05, 4.69) is 60.6 Å². The van der Waals surface area contributed by atoms with E-state index < -0.39 is 0 Å². The maximum Gasteiger partial charge on any atom is 0.106 e. The fourth-order valence-corrected chi connectivity index (χ4v) is 2.52. The summed E-state index contributed by atoms with van der Waals surface area (Å²) in [6.07, 6.45) is 0. The predicted octanol–water partition coefficient (Wildman–Crippen LogP) is 4.29. The Balaban J connectivity index is 2.19. The highest BCUT2D eigenvalue weighted by atomic mass is 35.5. The van der Waals surface area contributed by atoms with Crippen LogP contribution in [0.25, 0.3) is 16.9 Å². The molecule has 0 amide bonds. The van der Waals surface area contributed by atoms with Crippen molar-refractivity contribution >= 4 is 11.6 Å². The highest BCUT2D eigenvalue weighted by Gasteiger charge is 2.15. The van der Waals surface area contributed by atoms with Gasteiger partial charge in [-0.15, -0.1) is 16.7 Å². The summed E-state index contributed by atoms with van der Waals surface area (Å²) in [6, 6.07) is 16.5. The summed E-state index contributed by atoms with van der Waals surface area (Å²) in [5, 5.41) is 8.50. The zero-order valence-corrected chi connectivity index (χ0v) is 12.8. The average Bonchev–Trinajstić information content (AvgIpc) is 2.92. The quantitative estimate of drug-likeness (QED) is 0.675. The molecule has 2 aromatic carbocycles. The molecule has 0 saturated heterocycles. The van der Waals surface area contributed by atoms with Gasteiger partial charge in [0.15, 0.2) is 0 Å². The third kappa shape index (κ3) is 2.69. The van der Waals surface area contributed by atoms with Crippen LogP contribution in [0.3, 0.4) is 0 Å². The number of nitrogens with zero attached hydrogens (tertiary/aromatic N) is 3. The molecular weight excluding hydrogens is 282 g/mol. The zero-order chi connectivity index (χ0) is 14.8. The van der Waals surface area contributed by atoms with Crippen molar-refractivity contribution in [2.75, 3.05) is 0 Å². The molecule has 0 bridgehead atoms.